The van der Waals surface area contributed by atoms with Crippen LogP contribution in [-0.4, -0.2) is 29.6 Å². The molecule has 3 nitrogen and oxygen atoms in total. The Morgan fingerprint density at radius 2 is 2.06 bits per heavy atom. The van der Waals surface area contributed by atoms with E-state index < -0.39 is 5.97 Å². The molecule has 1 rings (SSSR count). The summed E-state index contributed by atoms with van der Waals surface area (Å²) in [5.74, 6) is -0.725. The van der Waals surface area contributed by atoms with Gasteiger partial charge in [-0.2, -0.15) is 0 Å². The number of halogens is 1. The molecule has 0 aliphatic heterocycles. The molecule has 1 N–H and O–H groups in total. The number of carboxylic acids is 1. The van der Waals surface area contributed by atoms with E-state index >= 15 is 0 Å². The first kappa shape index (κ1) is 15.0. The van der Waals surface area contributed by atoms with Crippen molar-refractivity contribution in [2.24, 2.45) is 0 Å². The highest BCUT2D eigenvalue weighted by Crippen LogP contribution is 2.26. The van der Waals surface area contributed by atoms with E-state index in [0.29, 0.717) is 0 Å². The summed E-state index contributed by atoms with van der Waals surface area (Å²) in [7, 11) is 2.04. The molecule has 0 heterocycles. The lowest BCUT2D eigenvalue weighted by Gasteiger charge is -2.25. The van der Waals surface area contributed by atoms with Crippen LogP contribution in [0.4, 0.5) is 0 Å². The molecule has 0 aliphatic rings. The molecule has 1 aromatic rings. The van der Waals surface area contributed by atoms with Crippen LogP contribution < -0.4 is 0 Å². The molecule has 0 saturated carbocycles. The zero-order chi connectivity index (χ0) is 13.5. The zero-order valence-corrected chi connectivity index (χ0v) is 11.7. The summed E-state index contributed by atoms with van der Waals surface area (Å²) in [5, 5.41) is 9.35. The lowest BCUT2D eigenvalue weighted by Crippen LogP contribution is -2.23. The van der Waals surface area contributed by atoms with Crippen molar-refractivity contribution in [1.29, 1.82) is 0 Å². The largest absolute Gasteiger partial charge is 0.481 e. The van der Waals surface area contributed by atoms with Gasteiger partial charge in [0.05, 0.1) is 0 Å². The van der Waals surface area contributed by atoms with Crippen LogP contribution in [-0.2, 0) is 4.79 Å². The number of hydrogen-bond donors (Lipinski definition) is 1. The highest BCUT2D eigenvalue weighted by molar-refractivity contribution is 6.31. The number of hydrogen-bond acceptors (Lipinski definition) is 2. The Labute approximate surface area is 113 Å². The monoisotopic (exact) mass is 269 g/mol. The highest BCUT2D eigenvalue weighted by atomic mass is 35.5. The fourth-order valence-electron chi connectivity index (χ4n) is 1.88. The first-order valence-corrected chi connectivity index (χ1v) is 6.56. The summed E-state index contributed by atoms with van der Waals surface area (Å²) in [6.07, 6.45) is 1.85. The first-order valence-electron chi connectivity index (χ1n) is 6.19. The van der Waals surface area contributed by atoms with Gasteiger partial charge in [0.2, 0.25) is 0 Å². The maximum atomic E-state index is 10.4. The average Bonchev–Trinajstić information content (AvgIpc) is 2.34. The van der Waals surface area contributed by atoms with Gasteiger partial charge in [0.25, 0.3) is 0 Å². The number of unbranched alkanes of at least 4 members (excludes halogenated alkanes) is 1. The van der Waals surface area contributed by atoms with Gasteiger partial charge in [0.1, 0.15) is 0 Å². The molecule has 1 atom stereocenters. The molecule has 0 aliphatic carbocycles. The number of carboxylic acid groups (broad SMARTS) is 1. The van der Waals surface area contributed by atoms with Crippen molar-refractivity contribution in [2.75, 3.05) is 13.6 Å². The molecule has 1 unspecified atom stereocenters. The van der Waals surface area contributed by atoms with E-state index in [0.717, 1.165) is 30.0 Å². The molecule has 0 fully saturated rings. The van der Waals surface area contributed by atoms with Crippen molar-refractivity contribution in [3.05, 3.63) is 34.9 Å². The van der Waals surface area contributed by atoms with E-state index in [2.05, 4.69) is 11.8 Å². The van der Waals surface area contributed by atoms with Crippen molar-refractivity contribution < 1.29 is 9.90 Å². The van der Waals surface area contributed by atoms with E-state index in [1.807, 2.05) is 31.3 Å². The molecule has 0 aromatic heterocycles. The summed E-state index contributed by atoms with van der Waals surface area (Å²) >= 11 is 6.16. The first-order chi connectivity index (χ1) is 8.52. The van der Waals surface area contributed by atoms with Crippen molar-refractivity contribution in [1.82, 2.24) is 4.90 Å². The highest BCUT2D eigenvalue weighted by Gasteiger charge is 2.13. The molecular formula is C14H20ClNO2. The third-order valence-corrected chi connectivity index (χ3v) is 3.51. The minimum atomic E-state index is -0.725. The number of aliphatic carboxylic acids is 1. The Bertz CT molecular complexity index is 395. The Hall–Kier alpha value is -1.06. The predicted molar refractivity (Wildman–Crippen MR) is 74.0 cm³/mol. The second-order valence-electron chi connectivity index (χ2n) is 4.53. The molecule has 0 spiro atoms. The summed E-state index contributed by atoms with van der Waals surface area (Å²) in [4.78, 5) is 12.6. The quantitative estimate of drug-likeness (QED) is 0.769. The second-order valence-corrected chi connectivity index (χ2v) is 4.94. The van der Waals surface area contributed by atoms with Gasteiger partial charge >= 0.3 is 5.97 Å². The summed E-state index contributed by atoms with van der Waals surface area (Å²) in [6, 6.07) is 8.07. The second kappa shape index (κ2) is 7.39. The molecular weight excluding hydrogens is 250 g/mol. The van der Waals surface area contributed by atoms with Crippen LogP contribution in [0.1, 0.15) is 37.8 Å². The van der Waals surface area contributed by atoms with Crippen molar-refractivity contribution in [3.63, 3.8) is 0 Å². The van der Waals surface area contributed by atoms with Gasteiger partial charge in [-0.05, 0) is 45.0 Å². The number of benzene rings is 1. The smallest absolute Gasteiger partial charge is 0.303 e. The van der Waals surface area contributed by atoms with Gasteiger partial charge in [0.15, 0.2) is 0 Å². The van der Waals surface area contributed by atoms with E-state index in [4.69, 9.17) is 16.7 Å². The van der Waals surface area contributed by atoms with Crippen LogP contribution >= 0.6 is 11.6 Å². The van der Waals surface area contributed by atoms with Gasteiger partial charge < -0.3 is 5.11 Å². The van der Waals surface area contributed by atoms with Crippen molar-refractivity contribution >= 4 is 17.6 Å². The third kappa shape index (κ3) is 4.67. The Balaban J connectivity index is 2.44. The van der Waals surface area contributed by atoms with Crippen LogP contribution in [0.3, 0.4) is 0 Å². The van der Waals surface area contributed by atoms with E-state index in [-0.39, 0.29) is 12.5 Å². The Morgan fingerprint density at radius 1 is 1.39 bits per heavy atom. The molecule has 100 valence electrons. The van der Waals surface area contributed by atoms with Gasteiger partial charge in [-0.15, -0.1) is 0 Å². The lowest BCUT2D eigenvalue weighted by molar-refractivity contribution is -0.137. The van der Waals surface area contributed by atoms with E-state index in [1.54, 1.807) is 0 Å². The normalized spacial score (nSPS) is 12.7. The molecule has 4 heteroatoms. The van der Waals surface area contributed by atoms with Crippen LogP contribution in [0.5, 0.6) is 0 Å². The molecule has 18 heavy (non-hydrogen) atoms. The van der Waals surface area contributed by atoms with Crippen molar-refractivity contribution in [2.45, 2.75) is 32.2 Å². The maximum Gasteiger partial charge on any atom is 0.303 e. The summed E-state index contributed by atoms with van der Waals surface area (Å²) in [5.41, 5.74) is 1.11. The molecule has 0 bridgehead atoms. The fourth-order valence-corrected chi connectivity index (χ4v) is 2.18. The van der Waals surface area contributed by atoms with Crippen LogP contribution in [0, 0.1) is 0 Å². The summed E-state index contributed by atoms with van der Waals surface area (Å²) < 4.78 is 0. The average molecular weight is 270 g/mol. The third-order valence-electron chi connectivity index (χ3n) is 3.17. The number of rotatable bonds is 7. The minimum absolute atomic E-state index is 0.239. The molecule has 0 amide bonds. The minimum Gasteiger partial charge on any atom is -0.481 e. The SMILES string of the molecule is CC(c1ccccc1Cl)N(C)CCCCC(=O)O. The van der Waals surface area contributed by atoms with E-state index in [9.17, 15) is 4.79 Å². The zero-order valence-electron chi connectivity index (χ0n) is 10.9. The van der Waals surface area contributed by atoms with Gasteiger partial charge in [-0.25, -0.2) is 0 Å². The van der Waals surface area contributed by atoms with Crippen molar-refractivity contribution in [3.8, 4) is 0 Å². The molecule has 0 radical (unpaired) electrons. The van der Waals surface area contributed by atoms with Crippen LogP contribution in [0.15, 0.2) is 24.3 Å². The van der Waals surface area contributed by atoms with Gasteiger partial charge in [-0.3, -0.25) is 9.69 Å². The van der Waals surface area contributed by atoms with Crippen LogP contribution in [0.2, 0.25) is 5.02 Å². The van der Waals surface area contributed by atoms with Crippen LogP contribution in [0.25, 0.3) is 0 Å². The lowest BCUT2D eigenvalue weighted by atomic mass is 10.1. The summed E-state index contributed by atoms with van der Waals surface area (Å²) in [6.45, 7) is 2.98. The Kier molecular flexibility index (Phi) is 6.16. The molecule has 1 aromatic carbocycles. The number of nitrogens with zero attached hydrogens (tertiary/aromatic N) is 1. The maximum absolute atomic E-state index is 10.4. The van der Waals surface area contributed by atoms with E-state index in [1.165, 1.54) is 0 Å². The number of carbonyl (C=O) groups is 1. The van der Waals surface area contributed by atoms with Gasteiger partial charge in [0, 0.05) is 17.5 Å². The van der Waals surface area contributed by atoms with Gasteiger partial charge in [-0.1, -0.05) is 29.8 Å². The molecule has 0 saturated heterocycles. The Morgan fingerprint density at radius 3 is 2.67 bits per heavy atom. The standard InChI is InChI=1S/C14H20ClNO2/c1-11(12-7-3-4-8-13(12)15)16(2)10-6-5-9-14(17)18/h3-4,7-8,11H,5-6,9-10H2,1-2H3,(H,17,18). The fraction of sp³-hybridized carbons (Fsp3) is 0.500. The predicted octanol–water partition coefficient (Wildman–Crippen LogP) is 3.59. The topological polar surface area (TPSA) is 40.5 Å².